The lowest BCUT2D eigenvalue weighted by Gasteiger charge is -2.00. The van der Waals surface area contributed by atoms with Crippen molar-refractivity contribution in [3.8, 4) is 5.75 Å². The molecule has 5 heteroatoms. The minimum Gasteiger partial charge on any atom is -0.427 e. The van der Waals surface area contributed by atoms with Crippen molar-refractivity contribution < 1.29 is 19.1 Å². The SMILES string of the molecule is CC(=O)Oc1ccc(C(=O)C=[N+]=[N-])cc1. The van der Waals surface area contributed by atoms with Crippen molar-refractivity contribution in [3.05, 3.63) is 35.4 Å². The van der Waals surface area contributed by atoms with E-state index >= 15 is 0 Å². The molecule has 0 aliphatic carbocycles. The minimum atomic E-state index is -0.425. The number of carbonyl (C=O) groups is 2. The molecule has 0 aromatic heterocycles. The second kappa shape index (κ2) is 4.83. The van der Waals surface area contributed by atoms with E-state index < -0.39 is 11.8 Å². The number of hydrogen-bond donors (Lipinski definition) is 0. The van der Waals surface area contributed by atoms with Crippen LogP contribution >= 0.6 is 0 Å². The van der Waals surface area contributed by atoms with E-state index in [4.69, 9.17) is 10.3 Å². The van der Waals surface area contributed by atoms with Gasteiger partial charge in [0.15, 0.2) is 0 Å². The summed E-state index contributed by atoms with van der Waals surface area (Å²) in [5.41, 5.74) is 8.50. The third kappa shape index (κ3) is 3.17. The van der Waals surface area contributed by atoms with Crippen molar-refractivity contribution in [2.75, 3.05) is 0 Å². The smallest absolute Gasteiger partial charge is 0.328 e. The van der Waals surface area contributed by atoms with Crippen LogP contribution in [0.5, 0.6) is 5.75 Å². The predicted molar refractivity (Wildman–Crippen MR) is 51.8 cm³/mol. The highest BCUT2D eigenvalue weighted by molar-refractivity contribution is 6.33. The van der Waals surface area contributed by atoms with Gasteiger partial charge in [0.2, 0.25) is 0 Å². The molecule has 0 fully saturated rings. The number of rotatable bonds is 3. The number of hydrogen-bond acceptors (Lipinski definition) is 3. The Labute approximate surface area is 85.9 Å². The van der Waals surface area contributed by atoms with Crippen molar-refractivity contribution in [1.82, 2.24) is 0 Å². The average Bonchev–Trinajstić information content (AvgIpc) is 2.18. The minimum absolute atomic E-state index is 0.351. The van der Waals surface area contributed by atoms with E-state index in [2.05, 4.69) is 4.79 Å². The van der Waals surface area contributed by atoms with Crippen molar-refractivity contribution in [2.24, 2.45) is 0 Å². The fourth-order valence-corrected chi connectivity index (χ4v) is 0.980. The highest BCUT2D eigenvalue weighted by atomic mass is 16.5. The number of benzene rings is 1. The second-order valence-corrected chi connectivity index (χ2v) is 2.73. The number of Topliss-reactive ketones (excluding diaryl/α,β-unsaturated/α-hetero) is 1. The number of carbonyl (C=O) groups excluding carboxylic acids is 2. The van der Waals surface area contributed by atoms with Gasteiger partial charge in [-0.25, -0.2) is 0 Å². The van der Waals surface area contributed by atoms with E-state index in [0.29, 0.717) is 11.3 Å². The lowest BCUT2D eigenvalue weighted by Crippen LogP contribution is -2.03. The van der Waals surface area contributed by atoms with E-state index in [-0.39, 0.29) is 0 Å². The van der Waals surface area contributed by atoms with Crippen LogP contribution in [-0.4, -0.2) is 22.8 Å². The fraction of sp³-hybridized carbons (Fsp3) is 0.100. The van der Waals surface area contributed by atoms with Gasteiger partial charge in [-0.1, -0.05) is 0 Å². The number of esters is 1. The van der Waals surface area contributed by atoms with Crippen molar-refractivity contribution in [1.29, 1.82) is 0 Å². The Morgan fingerprint density at radius 1 is 1.33 bits per heavy atom. The van der Waals surface area contributed by atoms with Crippen LogP contribution in [0.3, 0.4) is 0 Å². The first-order valence-corrected chi connectivity index (χ1v) is 4.13. The van der Waals surface area contributed by atoms with Gasteiger partial charge in [0.05, 0.1) is 0 Å². The Morgan fingerprint density at radius 3 is 2.40 bits per heavy atom. The van der Waals surface area contributed by atoms with Crippen LogP contribution in [0.4, 0.5) is 0 Å². The molecule has 5 nitrogen and oxygen atoms in total. The molecule has 1 aromatic rings. The molecule has 0 aliphatic rings. The highest BCUT2D eigenvalue weighted by Gasteiger charge is 2.06. The molecule has 0 saturated carbocycles. The van der Waals surface area contributed by atoms with E-state index in [1.54, 1.807) is 0 Å². The van der Waals surface area contributed by atoms with Gasteiger partial charge >= 0.3 is 12.2 Å². The molecular formula is C10H8N2O3. The van der Waals surface area contributed by atoms with Gasteiger partial charge in [0, 0.05) is 12.5 Å². The van der Waals surface area contributed by atoms with Gasteiger partial charge in [-0.05, 0) is 24.3 Å². The summed E-state index contributed by atoms with van der Waals surface area (Å²) in [6.07, 6.45) is 0.792. The summed E-state index contributed by atoms with van der Waals surface area (Å²) in [4.78, 5) is 24.4. The lowest BCUT2D eigenvalue weighted by molar-refractivity contribution is -0.131. The Kier molecular flexibility index (Phi) is 3.49. The quantitative estimate of drug-likeness (QED) is 0.184. The van der Waals surface area contributed by atoms with E-state index in [9.17, 15) is 9.59 Å². The molecule has 0 saturated heterocycles. The number of nitrogens with zero attached hydrogens (tertiary/aromatic N) is 2. The zero-order valence-electron chi connectivity index (χ0n) is 8.01. The number of ketones is 1. The normalized spacial score (nSPS) is 8.87. The topological polar surface area (TPSA) is 79.8 Å². The first-order chi connectivity index (χ1) is 7.13. The van der Waals surface area contributed by atoms with Crippen molar-refractivity contribution in [3.63, 3.8) is 0 Å². The van der Waals surface area contributed by atoms with Crippen LogP contribution in [0.15, 0.2) is 24.3 Å². The summed E-state index contributed by atoms with van der Waals surface area (Å²) in [6, 6.07) is 5.92. The molecule has 0 aliphatic heterocycles. The molecule has 0 amide bonds. The molecule has 0 heterocycles. The molecule has 0 radical (unpaired) electrons. The molecule has 1 rings (SSSR count). The van der Waals surface area contributed by atoms with Gasteiger partial charge in [-0.3, -0.25) is 9.59 Å². The van der Waals surface area contributed by atoms with E-state index in [1.807, 2.05) is 0 Å². The maximum Gasteiger partial charge on any atom is 0.328 e. The van der Waals surface area contributed by atoms with Gasteiger partial charge in [0.25, 0.3) is 5.78 Å². The Balaban J connectivity index is 2.85. The summed E-state index contributed by atoms with van der Waals surface area (Å²) in [5, 5.41) is 0. The largest absolute Gasteiger partial charge is 0.427 e. The van der Waals surface area contributed by atoms with E-state index in [0.717, 1.165) is 6.21 Å². The number of ether oxygens (including phenoxy) is 1. The highest BCUT2D eigenvalue weighted by Crippen LogP contribution is 2.12. The van der Waals surface area contributed by atoms with Crippen LogP contribution in [0.25, 0.3) is 5.53 Å². The molecule has 0 atom stereocenters. The Morgan fingerprint density at radius 2 is 1.93 bits per heavy atom. The van der Waals surface area contributed by atoms with Crippen molar-refractivity contribution in [2.45, 2.75) is 6.92 Å². The molecule has 76 valence electrons. The van der Waals surface area contributed by atoms with Crippen LogP contribution in [0.1, 0.15) is 17.3 Å². The molecule has 0 N–H and O–H groups in total. The summed E-state index contributed by atoms with van der Waals surface area (Å²) < 4.78 is 4.78. The second-order valence-electron chi connectivity index (χ2n) is 2.73. The molecular weight excluding hydrogens is 196 g/mol. The van der Waals surface area contributed by atoms with Crippen LogP contribution in [0, 0.1) is 0 Å². The summed E-state index contributed by atoms with van der Waals surface area (Å²) in [5.74, 6) is -0.488. The first kappa shape index (κ1) is 10.8. The Bertz CT molecular complexity index is 430. The summed E-state index contributed by atoms with van der Waals surface area (Å²) >= 11 is 0. The van der Waals surface area contributed by atoms with Crippen LogP contribution < -0.4 is 4.74 Å². The molecule has 1 aromatic carbocycles. The molecule has 0 bridgehead atoms. The van der Waals surface area contributed by atoms with Crippen molar-refractivity contribution >= 4 is 18.0 Å². The third-order valence-corrected chi connectivity index (χ3v) is 1.58. The van der Waals surface area contributed by atoms with Crippen LogP contribution in [-0.2, 0) is 4.79 Å². The monoisotopic (exact) mass is 204 g/mol. The Hall–Kier alpha value is -2.26. The maximum atomic E-state index is 11.2. The lowest BCUT2D eigenvalue weighted by atomic mass is 10.1. The van der Waals surface area contributed by atoms with Gasteiger partial charge in [-0.2, -0.15) is 4.79 Å². The molecule has 0 spiro atoms. The maximum absolute atomic E-state index is 11.2. The fourth-order valence-electron chi connectivity index (χ4n) is 0.980. The van der Waals surface area contributed by atoms with Gasteiger partial charge in [-0.15, -0.1) is 0 Å². The first-order valence-electron chi connectivity index (χ1n) is 4.13. The van der Waals surface area contributed by atoms with E-state index in [1.165, 1.54) is 31.2 Å². The van der Waals surface area contributed by atoms with Crippen LogP contribution in [0.2, 0.25) is 0 Å². The average molecular weight is 204 g/mol. The zero-order chi connectivity index (χ0) is 11.3. The molecule has 0 unspecified atom stereocenters. The summed E-state index contributed by atoms with van der Waals surface area (Å²) in [6.45, 7) is 1.29. The van der Waals surface area contributed by atoms with Gasteiger partial charge in [0.1, 0.15) is 5.75 Å². The molecule has 15 heavy (non-hydrogen) atoms. The standard InChI is InChI=1S/C10H8N2O3/c1-7(13)15-9-4-2-8(3-5-9)10(14)6-12-11/h2-6H,1H3. The predicted octanol–water partition coefficient (Wildman–Crippen LogP) is 1.10. The third-order valence-electron chi connectivity index (χ3n) is 1.58. The zero-order valence-corrected chi connectivity index (χ0v) is 8.01. The summed E-state index contributed by atoms with van der Waals surface area (Å²) in [7, 11) is 0. The van der Waals surface area contributed by atoms with Gasteiger partial charge < -0.3 is 10.3 Å².